The Hall–Kier alpha value is -1.17. The number of urea groups is 1. The van der Waals surface area contributed by atoms with E-state index >= 15 is 0 Å². The van der Waals surface area contributed by atoms with Crippen molar-refractivity contribution in [3.8, 4) is 0 Å². The molecule has 1 atom stereocenters. The highest BCUT2D eigenvalue weighted by atomic mass is 35.5. The topological polar surface area (TPSA) is 78.4 Å². The summed E-state index contributed by atoms with van der Waals surface area (Å²) >= 11 is 17.6. The summed E-state index contributed by atoms with van der Waals surface area (Å²) in [6.07, 6.45) is 0.310. The Morgan fingerprint density at radius 2 is 1.71 bits per heavy atom. The molecule has 1 aromatic carbocycles. The van der Waals surface area contributed by atoms with Crippen LogP contribution in [0.4, 0.5) is 10.5 Å². The summed E-state index contributed by atoms with van der Waals surface area (Å²) in [6, 6.07) is 1.16. The predicted molar refractivity (Wildman–Crippen MR) is 84.5 cm³/mol. The molecule has 8 heteroatoms. The second kappa shape index (κ2) is 7.73. The van der Waals surface area contributed by atoms with E-state index in [2.05, 4.69) is 10.6 Å². The first kappa shape index (κ1) is 17.9. The predicted octanol–water partition coefficient (Wildman–Crippen LogP) is 4.27. The highest BCUT2D eigenvalue weighted by molar-refractivity contribution is 6.42. The van der Waals surface area contributed by atoms with Crippen molar-refractivity contribution in [3.05, 3.63) is 27.2 Å². The Bertz CT molecular complexity index is 526. The number of carbonyl (C=O) groups excluding carboxylic acids is 1. The normalized spacial score (nSPS) is 12.1. The molecule has 1 aromatic rings. The number of nitrogens with one attached hydrogen (secondary N) is 2. The molecule has 0 bridgehead atoms. The van der Waals surface area contributed by atoms with Gasteiger partial charge in [0.25, 0.3) is 0 Å². The van der Waals surface area contributed by atoms with Crippen LogP contribution >= 0.6 is 34.8 Å². The summed E-state index contributed by atoms with van der Waals surface area (Å²) in [5, 5.41) is 14.5. The zero-order valence-electron chi connectivity index (χ0n) is 11.4. The van der Waals surface area contributed by atoms with E-state index in [0.29, 0.717) is 11.4 Å². The minimum absolute atomic E-state index is 0.120. The first-order valence-corrected chi connectivity index (χ1v) is 7.29. The minimum Gasteiger partial charge on any atom is -0.480 e. The van der Waals surface area contributed by atoms with Crippen molar-refractivity contribution in [1.82, 2.24) is 5.32 Å². The van der Waals surface area contributed by atoms with Crippen molar-refractivity contribution in [2.45, 2.75) is 26.3 Å². The standard InChI is InChI=1S/C13H15Cl3N2O3/c1-6(2)3-10(12(19)20)17-13(21)18-11-8(15)4-7(14)5-9(11)16/h4-6,10H,3H2,1-2H3,(H,19,20)(H2,17,18,21)/t10-/m1/s1. The van der Waals surface area contributed by atoms with Crippen LogP contribution < -0.4 is 10.6 Å². The molecule has 3 N–H and O–H groups in total. The smallest absolute Gasteiger partial charge is 0.326 e. The second-order valence-corrected chi connectivity index (χ2v) is 6.11. The van der Waals surface area contributed by atoms with Gasteiger partial charge < -0.3 is 15.7 Å². The van der Waals surface area contributed by atoms with Gasteiger partial charge in [-0.3, -0.25) is 0 Å². The van der Waals surface area contributed by atoms with E-state index in [1.54, 1.807) is 0 Å². The number of benzene rings is 1. The van der Waals surface area contributed by atoms with E-state index in [-0.39, 0.29) is 21.7 Å². The van der Waals surface area contributed by atoms with Crippen molar-refractivity contribution >= 4 is 52.5 Å². The zero-order chi connectivity index (χ0) is 16.2. The van der Waals surface area contributed by atoms with E-state index in [4.69, 9.17) is 39.9 Å². The maximum absolute atomic E-state index is 11.9. The van der Waals surface area contributed by atoms with Crippen LogP contribution in [0.15, 0.2) is 12.1 Å². The maximum atomic E-state index is 11.9. The molecule has 0 fully saturated rings. The number of carboxylic acids is 1. The number of carboxylic acid groups (broad SMARTS) is 1. The Balaban J connectivity index is 2.79. The summed E-state index contributed by atoms with van der Waals surface area (Å²) in [5.41, 5.74) is 0.175. The summed E-state index contributed by atoms with van der Waals surface area (Å²) in [6.45, 7) is 3.73. The molecule has 0 aromatic heterocycles. The van der Waals surface area contributed by atoms with Gasteiger partial charge in [0.1, 0.15) is 6.04 Å². The molecule has 0 aliphatic heterocycles. The van der Waals surface area contributed by atoms with Crippen LogP contribution in [0.3, 0.4) is 0 Å². The molecule has 0 heterocycles. The molecule has 116 valence electrons. The van der Waals surface area contributed by atoms with Crippen LogP contribution in [0.2, 0.25) is 15.1 Å². The molecule has 0 saturated carbocycles. The Kier molecular flexibility index (Phi) is 6.58. The van der Waals surface area contributed by atoms with Gasteiger partial charge >= 0.3 is 12.0 Å². The number of carbonyl (C=O) groups is 2. The Labute approximate surface area is 137 Å². The first-order chi connectivity index (χ1) is 9.70. The Morgan fingerprint density at radius 1 is 1.19 bits per heavy atom. The Morgan fingerprint density at radius 3 is 2.14 bits per heavy atom. The summed E-state index contributed by atoms with van der Waals surface area (Å²) < 4.78 is 0. The average molecular weight is 354 g/mol. The highest BCUT2D eigenvalue weighted by Crippen LogP contribution is 2.33. The van der Waals surface area contributed by atoms with Crippen LogP contribution in [-0.2, 0) is 4.79 Å². The van der Waals surface area contributed by atoms with Gasteiger partial charge in [-0.2, -0.15) is 0 Å². The minimum atomic E-state index is -1.10. The van der Waals surface area contributed by atoms with Gasteiger partial charge in [-0.05, 0) is 24.5 Å². The van der Waals surface area contributed by atoms with Crippen LogP contribution in [0, 0.1) is 5.92 Å². The van der Waals surface area contributed by atoms with Gasteiger partial charge in [0.2, 0.25) is 0 Å². The zero-order valence-corrected chi connectivity index (χ0v) is 13.7. The molecule has 2 amide bonds. The molecule has 0 aliphatic carbocycles. The fourth-order valence-corrected chi connectivity index (χ4v) is 2.57. The van der Waals surface area contributed by atoms with E-state index in [0.717, 1.165) is 0 Å². The van der Waals surface area contributed by atoms with Crippen LogP contribution in [-0.4, -0.2) is 23.1 Å². The van der Waals surface area contributed by atoms with Crippen LogP contribution in [0.25, 0.3) is 0 Å². The molecule has 0 saturated heterocycles. The lowest BCUT2D eigenvalue weighted by atomic mass is 10.0. The van der Waals surface area contributed by atoms with E-state index in [1.807, 2.05) is 13.8 Å². The lowest BCUT2D eigenvalue weighted by Crippen LogP contribution is -2.43. The van der Waals surface area contributed by atoms with Crippen molar-refractivity contribution in [1.29, 1.82) is 0 Å². The third kappa shape index (κ3) is 5.61. The van der Waals surface area contributed by atoms with Gasteiger partial charge in [0, 0.05) is 5.02 Å². The van der Waals surface area contributed by atoms with E-state index in [1.165, 1.54) is 12.1 Å². The van der Waals surface area contributed by atoms with Gasteiger partial charge in [0.05, 0.1) is 15.7 Å². The molecular formula is C13H15Cl3N2O3. The summed E-state index contributed by atoms with van der Waals surface area (Å²) in [5.74, 6) is -0.985. The third-order valence-corrected chi connectivity index (χ3v) is 3.37. The van der Waals surface area contributed by atoms with Crippen LogP contribution in [0.1, 0.15) is 20.3 Å². The van der Waals surface area contributed by atoms with Gasteiger partial charge in [-0.25, -0.2) is 9.59 Å². The van der Waals surface area contributed by atoms with Crippen molar-refractivity contribution in [2.24, 2.45) is 5.92 Å². The third-order valence-electron chi connectivity index (χ3n) is 2.56. The molecular weight excluding hydrogens is 339 g/mol. The number of anilines is 1. The summed E-state index contributed by atoms with van der Waals surface area (Å²) in [7, 11) is 0. The summed E-state index contributed by atoms with van der Waals surface area (Å²) in [4.78, 5) is 23.0. The SMILES string of the molecule is CC(C)C[C@@H](NC(=O)Nc1c(Cl)cc(Cl)cc1Cl)C(=O)O. The molecule has 0 spiro atoms. The van der Waals surface area contributed by atoms with E-state index in [9.17, 15) is 9.59 Å². The quantitative estimate of drug-likeness (QED) is 0.739. The monoisotopic (exact) mass is 352 g/mol. The van der Waals surface area contributed by atoms with Crippen LogP contribution in [0.5, 0.6) is 0 Å². The number of aliphatic carboxylic acids is 1. The molecule has 5 nitrogen and oxygen atoms in total. The number of hydrogen-bond donors (Lipinski definition) is 3. The lowest BCUT2D eigenvalue weighted by Gasteiger charge is -2.17. The number of rotatable bonds is 5. The molecule has 1 rings (SSSR count). The molecule has 21 heavy (non-hydrogen) atoms. The molecule has 0 unspecified atom stereocenters. The van der Waals surface area contributed by atoms with Gasteiger partial charge in [-0.15, -0.1) is 0 Å². The van der Waals surface area contributed by atoms with Crippen molar-refractivity contribution in [3.63, 3.8) is 0 Å². The second-order valence-electron chi connectivity index (χ2n) is 4.86. The fourth-order valence-electron chi connectivity index (χ4n) is 1.66. The maximum Gasteiger partial charge on any atom is 0.326 e. The van der Waals surface area contributed by atoms with Gasteiger partial charge in [0.15, 0.2) is 0 Å². The van der Waals surface area contributed by atoms with E-state index < -0.39 is 18.0 Å². The molecule has 0 aliphatic rings. The highest BCUT2D eigenvalue weighted by Gasteiger charge is 2.22. The average Bonchev–Trinajstić information content (AvgIpc) is 2.32. The fraction of sp³-hybridized carbons (Fsp3) is 0.385. The van der Waals surface area contributed by atoms with Crippen molar-refractivity contribution < 1.29 is 14.7 Å². The largest absolute Gasteiger partial charge is 0.480 e. The number of halogens is 3. The number of hydrogen-bond acceptors (Lipinski definition) is 2. The van der Waals surface area contributed by atoms with Crippen molar-refractivity contribution in [2.75, 3.05) is 5.32 Å². The molecule has 0 radical (unpaired) electrons. The first-order valence-electron chi connectivity index (χ1n) is 6.15. The van der Waals surface area contributed by atoms with Gasteiger partial charge in [-0.1, -0.05) is 48.7 Å². The number of amides is 2. The lowest BCUT2D eigenvalue weighted by molar-refractivity contribution is -0.139.